The fourth-order valence-electron chi connectivity index (χ4n) is 4.42. The average molecular weight is 659 g/mol. The molecule has 0 spiro atoms. The molecule has 4 rings (SSSR count). The number of hydrogen-bond acceptors (Lipinski definition) is 14. The number of carboxylic acids is 1. The lowest BCUT2D eigenvalue weighted by molar-refractivity contribution is -0.161. The van der Waals surface area contributed by atoms with Gasteiger partial charge in [0.1, 0.15) is 12.1 Å². The summed E-state index contributed by atoms with van der Waals surface area (Å²) in [6.45, 7) is 2.78. The van der Waals surface area contributed by atoms with Crippen LogP contribution in [0.1, 0.15) is 19.5 Å². The lowest BCUT2D eigenvalue weighted by atomic mass is 9.96. The Morgan fingerprint density at radius 1 is 1.30 bits per heavy atom. The number of nitrogens with two attached hydrogens (primary N) is 1. The van der Waals surface area contributed by atoms with Gasteiger partial charge in [0, 0.05) is 49.9 Å². The Kier molecular flexibility index (Phi) is 9.23. The second kappa shape index (κ2) is 12.4. The molecular weight excluding hydrogens is 628 g/mol. The summed E-state index contributed by atoms with van der Waals surface area (Å²) < 4.78 is 33.5. The fourth-order valence-corrected chi connectivity index (χ4v) is 6.06. The van der Waals surface area contributed by atoms with Crippen molar-refractivity contribution in [2.75, 3.05) is 25.4 Å². The number of aromatic nitrogens is 1. The van der Waals surface area contributed by atoms with Gasteiger partial charge in [-0.2, -0.15) is 8.42 Å². The number of pyridine rings is 1. The number of rotatable bonds is 12. The molecule has 0 aromatic carbocycles. The summed E-state index contributed by atoms with van der Waals surface area (Å²) >= 11 is 1.09. The number of amidine groups is 1. The third-order valence-electron chi connectivity index (χ3n) is 6.97. The van der Waals surface area contributed by atoms with Crippen LogP contribution >= 0.6 is 11.8 Å². The summed E-state index contributed by atoms with van der Waals surface area (Å²) in [4.78, 5) is 75.3. The normalized spacial score (nSPS) is 22.9. The van der Waals surface area contributed by atoms with E-state index in [2.05, 4.69) is 25.8 Å². The minimum Gasteiger partial charge on any atom is -0.503 e. The topological polar surface area (TPSA) is 286 Å². The van der Waals surface area contributed by atoms with Crippen molar-refractivity contribution in [2.45, 2.75) is 44.1 Å². The number of nitrogens with one attached hydrogen (secondary N) is 3. The molecule has 44 heavy (non-hydrogen) atoms. The number of thioether (sulfide) groups is 1. The van der Waals surface area contributed by atoms with Crippen LogP contribution in [0.25, 0.3) is 0 Å². The van der Waals surface area contributed by atoms with E-state index in [0.29, 0.717) is 12.2 Å². The highest BCUT2D eigenvalue weighted by atomic mass is 32.2. The number of β-lactam (4-membered cyclic amide) rings is 1. The Balaban J connectivity index is 1.40. The van der Waals surface area contributed by atoms with Gasteiger partial charge >= 0.3 is 16.3 Å². The second-order valence-corrected chi connectivity index (χ2v) is 13.0. The van der Waals surface area contributed by atoms with Gasteiger partial charge in [-0.15, -0.1) is 0 Å². The number of nitrogens with zero attached hydrogens (tertiary/aromatic N) is 4. The summed E-state index contributed by atoms with van der Waals surface area (Å²) in [5.74, 6) is -4.89. The van der Waals surface area contributed by atoms with Crippen LogP contribution in [-0.4, -0.2) is 121 Å². The number of carboxylic acid groups (broad SMARTS) is 1. The van der Waals surface area contributed by atoms with Crippen LogP contribution in [0.5, 0.6) is 5.75 Å². The van der Waals surface area contributed by atoms with Crippen LogP contribution in [0.3, 0.4) is 0 Å². The third kappa shape index (κ3) is 7.11. The van der Waals surface area contributed by atoms with Gasteiger partial charge < -0.3 is 36.4 Å². The van der Waals surface area contributed by atoms with Crippen molar-refractivity contribution < 1.29 is 47.2 Å². The molecule has 3 amide bonds. The highest BCUT2D eigenvalue weighted by molar-refractivity contribution is 8.14. The Morgan fingerprint density at radius 2 is 1.98 bits per heavy atom. The minimum absolute atomic E-state index is 0.120. The van der Waals surface area contributed by atoms with E-state index in [1.54, 1.807) is 0 Å². The van der Waals surface area contributed by atoms with Crippen LogP contribution in [0.2, 0.25) is 0 Å². The van der Waals surface area contributed by atoms with Gasteiger partial charge in [-0.1, -0.05) is 16.9 Å². The van der Waals surface area contributed by atoms with Gasteiger partial charge in [0.05, 0.1) is 12.0 Å². The standard InChI is InChI=1S/C23H30N8O11S2/c1-23(2,21(37)38)42-29-16(12-9-43-22(24)27-12)19(35)28-17-13(31(20(17)36)44(39,40)41)4-26-18(34)10-6-30(7-10)8-11-3-14(32)15(33)5-25-11/h3,5,10,12-13,17,33H,4,6-9H2,1-2H3,(H2,24,27)(H,25,32)(H,26,34)(H,28,35)(H,37,38)(H,39,40,41)/b29-16-/t12?,13-,17+/m1/s1. The zero-order valence-electron chi connectivity index (χ0n) is 23.3. The largest absolute Gasteiger partial charge is 0.503 e. The molecule has 240 valence electrons. The zero-order chi connectivity index (χ0) is 32.6. The molecule has 0 aliphatic carbocycles. The van der Waals surface area contributed by atoms with Gasteiger partial charge in [-0.25, -0.2) is 9.10 Å². The quantitative estimate of drug-likeness (QED) is 0.0504. The van der Waals surface area contributed by atoms with E-state index in [-0.39, 0.29) is 28.3 Å². The van der Waals surface area contributed by atoms with E-state index in [1.807, 2.05) is 4.90 Å². The number of oxime groups is 1. The molecule has 4 heterocycles. The molecule has 1 aromatic rings. The smallest absolute Gasteiger partial charge is 0.362 e. The first kappa shape index (κ1) is 32.7. The molecule has 1 unspecified atom stereocenters. The number of amides is 3. The van der Waals surface area contributed by atoms with Crippen molar-refractivity contribution in [1.29, 1.82) is 0 Å². The van der Waals surface area contributed by atoms with Crippen LogP contribution in [0.4, 0.5) is 0 Å². The molecule has 3 aliphatic heterocycles. The Hall–Kier alpha value is -4.21. The van der Waals surface area contributed by atoms with Crippen LogP contribution < -0.4 is 21.8 Å². The molecule has 0 saturated carbocycles. The second-order valence-electron chi connectivity index (χ2n) is 10.7. The van der Waals surface area contributed by atoms with Gasteiger partial charge in [0.2, 0.25) is 16.9 Å². The first-order valence-electron chi connectivity index (χ1n) is 13.0. The number of carbonyl (C=O) groups excluding carboxylic acids is 3. The molecule has 8 N–H and O–H groups in total. The highest BCUT2D eigenvalue weighted by Crippen LogP contribution is 2.25. The number of aliphatic carboxylic acids is 1. The van der Waals surface area contributed by atoms with Crippen molar-refractivity contribution in [1.82, 2.24) is 24.8 Å². The number of aromatic amines is 1. The van der Waals surface area contributed by atoms with Crippen molar-refractivity contribution in [3.63, 3.8) is 0 Å². The van der Waals surface area contributed by atoms with Crippen molar-refractivity contribution >= 4 is 56.6 Å². The number of aromatic hydroxyl groups is 1. The first-order valence-corrected chi connectivity index (χ1v) is 15.3. The van der Waals surface area contributed by atoms with Gasteiger partial charge in [0.25, 0.3) is 11.8 Å². The van der Waals surface area contributed by atoms with Crippen molar-refractivity contribution in [2.24, 2.45) is 21.8 Å². The maximum Gasteiger partial charge on any atom is 0.362 e. The molecule has 1 aromatic heterocycles. The number of hydrogen-bond donors (Lipinski definition) is 7. The summed E-state index contributed by atoms with van der Waals surface area (Å²) in [5.41, 5.74) is 3.37. The monoisotopic (exact) mass is 658 g/mol. The Morgan fingerprint density at radius 3 is 2.55 bits per heavy atom. The maximum atomic E-state index is 13.2. The minimum atomic E-state index is -5.06. The maximum absolute atomic E-state index is 13.2. The van der Waals surface area contributed by atoms with E-state index < -0.39 is 87.1 Å². The number of H-pyrrole nitrogens is 1. The van der Waals surface area contributed by atoms with Gasteiger partial charge in [0.15, 0.2) is 16.6 Å². The summed E-state index contributed by atoms with van der Waals surface area (Å²) in [6.07, 6.45) is 1.16. The van der Waals surface area contributed by atoms with E-state index in [1.165, 1.54) is 19.9 Å². The molecule has 3 aliphatic rings. The number of carbonyl (C=O) groups is 4. The fraction of sp³-hybridized carbons (Fsp3) is 0.522. The number of likely N-dealkylation sites (tertiary alicyclic amines) is 1. The molecular formula is C23H30N8O11S2. The average Bonchev–Trinajstić information content (AvgIpc) is 3.33. The molecule has 19 nitrogen and oxygen atoms in total. The summed E-state index contributed by atoms with van der Waals surface area (Å²) in [5, 5.41) is 27.3. The highest BCUT2D eigenvalue weighted by Gasteiger charge is 2.54. The van der Waals surface area contributed by atoms with Crippen LogP contribution in [0.15, 0.2) is 27.2 Å². The van der Waals surface area contributed by atoms with E-state index >= 15 is 0 Å². The Labute approximate surface area is 253 Å². The van der Waals surface area contributed by atoms with E-state index in [0.717, 1.165) is 18.0 Å². The summed E-state index contributed by atoms with van der Waals surface area (Å²) in [7, 11) is -5.06. The molecule has 2 saturated heterocycles. The molecule has 3 atom stereocenters. The van der Waals surface area contributed by atoms with Gasteiger partial charge in [-0.05, 0) is 13.8 Å². The predicted octanol–water partition coefficient (Wildman–Crippen LogP) is -3.21. The van der Waals surface area contributed by atoms with Crippen LogP contribution in [0, 0.1) is 5.92 Å². The van der Waals surface area contributed by atoms with Crippen molar-refractivity contribution in [3.05, 3.63) is 28.2 Å². The SMILES string of the molecule is CC(C)(O/N=C(\C(=O)N[C@@H]1C(=O)N(S(=O)(=O)O)[C@@H]1CNC(=O)C1CN(Cc2cc(=O)c(O)c[nH]2)C1)C1CSC(N)=N1)C(=O)O. The summed E-state index contributed by atoms with van der Waals surface area (Å²) in [6, 6.07) is -2.68. The van der Waals surface area contributed by atoms with E-state index in [4.69, 9.17) is 10.6 Å². The lowest BCUT2D eigenvalue weighted by Crippen LogP contribution is -2.75. The molecule has 2 fully saturated rings. The van der Waals surface area contributed by atoms with Gasteiger partial charge in [-0.3, -0.25) is 33.6 Å². The van der Waals surface area contributed by atoms with Crippen molar-refractivity contribution in [3.8, 4) is 5.75 Å². The molecule has 0 bridgehead atoms. The van der Waals surface area contributed by atoms with Crippen LogP contribution in [-0.2, 0) is 40.9 Å². The third-order valence-corrected chi connectivity index (χ3v) is 8.80. The zero-order valence-corrected chi connectivity index (χ0v) is 24.9. The van der Waals surface area contributed by atoms with E-state index in [9.17, 15) is 47.2 Å². The Bertz CT molecular complexity index is 1590. The first-order chi connectivity index (χ1) is 20.5. The lowest BCUT2D eigenvalue weighted by Gasteiger charge is -2.44. The number of aliphatic imine (C=N–C) groups is 1. The molecule has 21 heteroatoms. The molecule has 0 radical (unpaired) electrons. The predicted molar refractivity (Wildman–Crippen MR) is 153 cm³/mol.